The van der Waals surface area contributed by atoms with E-state index in [0.717, 1.165) is 23.2 Å². The summed E-state index contributed by atoms with van der Waals surface area (Å²) in [5, 5.41) is 15.3. The normalized spacial score (nSPS) is 11.2. The van der Waals surface area contributed by atoms with Gasteiger partial charge in [0, 0.05) is 36.5 Å². The van der Waals surface area contributed by atoms with Gasteiger partial charge in [0.2, 0.25) is 0 Å². The first-order valence-electron chi connectivity index (χ1n) is 10.4. The van der Waals surface area contributed by atoms with Gasteiger partial charge in [-0.2, -0.15) is 5.10 Å². The summed E-state index contributed by atoms with van der Waals surface area (Å²) in [6.45, 7) is 9.87. The number of nitrogens with one attached hydrogen (secondary N) is 1. The predicted octanol–water partition coefficient (Wildman–Crippen LogP) is 5.00. The van der Waals surface area contributed by atoms with Crippen LogP contribution in [-0.4, -0.2) is 36.7 Å². The van der Waals surface area contributed by atoms with Crippen molar-refractivity contribution in [3.8, 4) is 5.75 Å². The summed E-state index contributed by atoms with van der Waals surface area (Å²) in [4.78, 5) is 25.1. The third kappa shape index (κ3) is 7.96. The molecule has 0 unspecified atom stereocenters. The van der Waals surface area contributed by atoms with Crippen molar-refractivity contribution in [2.75, 3.05) is 24.6 Å². The molecule has 0 heterocycles. The highest BCUT2D eigenvalue weighted by Crippen LogP contribution is 2.26. The molecule has 0 aromatic heterocycles. The summed E-state index contributed by atoms with van der Waals surface area (Å²) in [5.74, 6) is 0.918. The summed E-state index contributed by atoms with van der Waals surface area (Å²) >= 11 is 3.36. The van der Waals surface area contributed by atoms with E-state index in [-0.39, 0.29) is 12.3 Å². The van der Waals surface area contributed by atoms with Crippen molar-refractivity contribution in [1.29, 1.82) is 0 Å². The molecule has 1 N–H and O–H groups in total. The maximum atomic E-state index is 12.1. The van der Waals surface area contributed by atoms with Crippen LogP contribution in [0.2, 0.25) is 0 Å². The van der Waals surface area contributed by atoms with Crippen molar-refractivity contribution in [2.24, 2.45) is 16.9 Å². The Morgan fingerprint density at radius 3 is 2.44 bits per heavy atom. The Morgan fingerprint density at radius 2 is 1.84 bits per heavy atom. The minimum absolute atomic E-state index is 0.0344. The monoisotopic (exact) mass is 504 g/mol. The van der Waals surface area contributed by atoms with E-state index in [1.807, 2.05) is 12.1 Å². The topological polar surface area (TPSA) is 97.1 Å². The zero-order valence-electron chi connectivity index (χ0n) is 18.7. The number of benzene rings is 2. The predicted molar refractivity (Wildman–Crippen MR) is 130 cm³/mol. The van der Waals surface area contributed by atoms with Gasteiger partial charge in [-0.1, -0.05) is 39.8 Å². The first-order valence-corrected chi connectivity index (χ1v) is 11.2. The zero-order chi connectivity index (χ0) is 23.7. The molecule has 8 nitrogen and oxygen atoms in total. The summed E-state index contributed by atoms with van der Waals surface area (Å²) in [6, 6.07) is 11.9. The Kier molecular flexibility index (Phi) is 9.64. The summed E-state index contributed by atoms with van der Waals surface area (Å²) in [6.07, 6.45) is 1.44. The number of nitro benzene ring substituents is 1. The number of hydrazone groups is 1. The van der Waals surface area contributed by atoms with E-state index < -0.39 is 10.8 Å². The Bertz CT molecular complexity index is 953. The number of rotatable bonds is 11. The molecule has 0 atom stereocenters. The molecule has 32 heavy (non-hydrogen) atoms. The van der Waals surface area contributed by atoms with Gasteiger partial charge in [0.25, 0.3) is 11.6 Å². The number of nitro groups is 1. The number of carbonyl (C=O) groups is 1. The minimum atomic E-state index is -0.444. The molecule has 0 aliphatic heterocycles. The molecule has 0 saturated heterocycles. The number of halogens is 1. The number of nitrogens with zero attached hydrogens (tertiary/aromatic N) is 3. The van der Waals surface area contributed by atoms with Gasteiger partial charge in [-0.25, -0.2) is 5.43 Å². The molecule has 0 saturated carbocycles. The highest BCUT2D eigenvalue weighted by molar-refractivity contribution is 9.10. The highest BCUT2D eigenvalue weighted by Gasteiger charge is 2.17. The van der Waals surface area contributed by atoms with E-state index in [4.69, 9.17) is 4.74 Å². The molecule has 0 radical (unpaired) electrons. The standard InChI is InChI=1S/C23H29BrN4O4/c1-16(2)13-27(14-17(3)4)21-10-9-19(28(30)31)11-18(21)12-25-26-23(29)15-32-22-8-6-5-7-20(22)24/h5-12,16-17H,13-15H2,1-4H3,(H,26,29). The van der Waals surface area contributed by atoms with Gasteiger partial charge in [-0.3, -0.25) is 14.9 Å². The molecule has 1 amide bonds. The fourth-order valence-electron chi connectivity index (χ4n) is 3.11. The number of amides is 1. The average molecular weight is 505 g/mol. The number of ether oxygens (including phenoxy) is 1. The van der Waals surface area contributed by atoms with Gasteiger partial charge in [-0.05, 0) is 46.0 Å². The molecule has 2 rings (SSSR count). The zero-order valence-corrected chi connectivity index (χ0v) is 20.3. The lowest BCUT2D eigenvalue weighted by Gasteiger charge is -2.29. The number of hydrogen-bond donors (Lipinski definition) is 1. The minimum Gasteiger partial charge on any atom is -0.483 e. The van der Waals surface area contributed by atoms with E-state index in [1.54, 1.807) is 18.2 Å². The van der Waals surface area contributed by atoms with Crippen LogP contribution >= 0.6 is 15.9 Å². The maximum absolute atomic E-state index is 12.1. The Balaban J connectivity index is 2.17. The third-order valence-electron chi connectivity index (χ3n) is 4.32. The van der Waals surface area contributed by atoms with Crippen LogP contribution in [0, 0.1) is 22.0 Å². The second-order valence-electron chi connectivity index (χ2n) is 8.21. The summed E-state index contributed by atoms with van der Waals surface area (Å²) < 4.78 is 6.21. The number of para-hydroxylation sites is 1. The number of carbonyl (C=O) groups excluding carboxylic acids is 1. The second kappa shape index (κ2) is 12.2. The van der Waals surface area contributed by atoms with Crippen LogP contribution in [-0.2, 0) is 4.79 Å². The fraction of sp³-hybridized carbons (Fsp3) is 0.391. The molecule has 0 bridgehead atoms. The van der Waals surface area contributed by atoms with Crippen LogP contribution in [0.5, 0.6) is 5.75 Å². The number of non-ortho nitro benzene ring substituents is 1. The molecular weight excluding hydrogens is 476 g/mol. The van der Waals surface area contributed by atoms with Gasteiger partial charge in [0.15, 0.2) is 6.61 Å². The fourth-order valence-corrected chi connectivity index (χ4v) is 3.51. The molecule has 0 aliphatic carbocycles. The summed E-state index contributed by atoms with van der Waals surface area (Å²) in [5.41, 5.74) is 3.78. The van der Waals surface area contributed by atoms with Crippen LogP contribution in [0.25, 0.3) is 0 Å². The van der Waals surface area contributed by atoms with E-state index in [9.17, 15) is 14.9 Å². The van der Waals surface area contributed by atoms with Gasteiger partial charge < -0.3 is 9.64 Å². The Hall–Kier alpha value is -2.94. The van der Waals surface area contributed by atoms with Crippen molar-refractivity contribution in [3.63, 3.8) is 0 Å². The molecule has 0 spiro atoms. The molecule has 172 valence electrons. The third-order valence-corrected chi connectivity index (χ3v) is 4.98. The lowest BCUT2D eigenvalue weighted by Crippen LogP contribution is -2.32. The first kappa shape index (κ1) is 25.3. The molecule has 2 aromatic rings. The van der Waals surface area contributed by atoms with E-state index in [0.29, 0.717) is 23.1 Å². The van der Waals surface area contributed by atoms with Crippen molar-refractivity contribution < 1.29 is 14.5 Å². The SMILES string of the molecule is CC(C)CN(CC(C)C)c1ccc([N+](=O)[O-])cc1C=NNC(=O)COc1ccccc1Br. The molecule has 9 heteroatoms. The van der Waals surface area contributed by atoms with Gasteiger partial charge >= 0.3 is 0 Å². The molecule has 0 aliphatic rings. The average Bonchev–Trinajstić information content (AvgIpc) is 2.72. The van der Waals surface area contributed by atoms with Crippen LogP contribution < -0.4 is 15.1 Å². The van der Waals surface area contributed by atoms with Crippen LogP contribution in [0.4, 0.5) is 11.4 Å². The number of hydrogen-bond acceptors (Lipinski definition) is 6. The van der Waals surface area contributed by atoms with Gasteiger partial charge in [0.05, 0.1) is 15.6 Å². The molecule has 0 fully saturated rings. The van der Waals surface area contributed by atoms with E-state index >= 15 is 0 Å². The van der Waals surface area contributed by atoms with Crippen molar-refractivity contribution in [3.05, 3.63) is 62.6 Å². The van der Waals surface area contributed by atoms with Crippen molar-refractivity contribution in [1.82, 2.24) is 5.43 Å². The van der Waals surface area contributed by atoms with Crippen LogP contribution in [0.1, 0.15) is 33.3 Å². The molecular formula is C23H29BrN4O4. The number of anilines is 1. The van der Waals surface area contributed by atoms with E-state index in [1.165, 1.54) is 18.3 Å². The lowest BCUT2D eigenvalue weighted by atomic mass is 10.1. The largest absolute Gasteiger partial charge is 0.483 e. The first-order chi connectivity index (χ1) is 15.2. The Labute approximate surface area is 196 Å². The second-order valence-corrected chi connectivity index (χ2v) is 9.06. The van der Waals surface area contributed by atoms with Crippen LogP contribution in [0.3, 0.4) is 0 Å². The lowest BCUT2D eigenvalue weighted by molar-refractivity contribution is -0.384. The van der Waals surface area contributed by atoms with Crippen LogP contribution in [0.15, 0.2) is 52.0 Å². The molecule has 2 aromatic carbocycles. The van der Waals surface area contributed by atoms with Gasteiger partial charge in [-0.15, -0.1) is 0 Å². The van der Waals surface area contributed by atoms with Gasteiger partial charge in [0.1, 0.15) is 5.75 Å². The van der Waals surface area contributed by atoms with Crippen molar-refractivity contribution in [2.45, 2.75) is 27.7 Å². The quantitative estimate of drug-likeness (QED) is 0.263. The highest BCUT2D eigenvalue weighted by atomic mass is 79.9. The van der Waals surface area contributed by atoms with E-state index in [2.05, 4.69) is 59.1 Å². The smallest absolute Gasteiger partial charge is 0.277 e. The Morgan fingerprint density at radius 1 is 1.19 bits per heavy atom. The maximum Gasteiger partial charge on any atom is 0.277 e. The van der Waals surface area contributed by atoms with Crippen molar-refractivity contribution >= 4 is 39.4 Å². The summed E-state index contributed by atoms with van der Waals surface area (Å²) in [7, 11) is 0.